The summed E-state index contributed by atoms with van der Waals surface area (Å²) in [4.78, 5) is 4.11. The maximum atomic E-state index is 5.90. The first-order chi connectivity index (χ1) is 12.5. The molecule has 26 heavy (non-hydrogen) atoms. The first kappa shape index (κ1) is 17.5. The molecule has 0 atom stereocenters. The Morgan fingerprint density at radius 1 is 1.15 bits per heavy atom. The van der Waals surface area contributed by atoms with Gasteiger partial charge in [0.2, 0.25) is 5.95 Å². The molecule has 0 saturated carbocycles. The molecule has 3 aromatic rings. The van der Waals surface area contributed by atoms with Gasteiger partial charge in [-0.15, -0.1) is 0 Å². The normalized spacial score (nSPS) is 11.0. The number of hydrogen-bond acceptors (Lipinski definition) is 5. The van der Waals surface area contributed by atoms with Crippen molar-refractivity contribution in [1.29, 1.82) is 0 Å². The Kier molecular flexibility index (Phi) is 5.22. The molecule has 1 aromatic heterocycles. The van der Waals surface area contributed by atoms with E-state index in [-0.39, 0.29) is 0 Å². The number of ether oxygens (including phenoxy) is 2. The fourth-order valence-electron chi connectivity index (χ4n) is 2.57. The van der Waals surface area contributed by atoms with E-state index in [4.69, 9.17) is 15.2 Å². The van der Waals surface area contributed by atoms with Crippen LogP contribution in [0, 0.1) is 13.8 Å². The van der Waals surface area contributed by atoms with Gasteiger partial charge in [-0.2, -0.15) is 5.10 Å². The molecule has 6 heteroatoms. The zero-order chi connectivity index (χ0) is 18.5. The highest BCUT2D eigenvalue weighted by molar-refractivity contribution is 5.81. The van der Waals surface area contributed by atoms with Gasteiger partial charge in [-0.25, -0.2) is 9.66 Å². The van der Waals surface area contributed by atoms with E-state index in [1.165, 1.54) is 10.2 Å². The fourth-order valence-corrected chi connectivity index (χ4v) is 2.57. The molecular weight excluding hydrogens is 328 g/mol. The second-order valence-electron chi connectivity index (χ2n) is 6.02. The molecule has 0 bridgehead atoms. The number of methoxy groups -OCH3 is 1. The maximum absolute atomic E-state index is 5.90. The molecule has 0 spiro atoms. The van der Waals surface area contributed by atoms with E-state index in [1.807, 2.05) is 37.3 Å². The number of aryl methyl sites for hydroxylation is 2. The minimum absolute atomic E-state index is 0.351. The molecule has 0 aliphatic rings. The third-order valence-electron chi connectivity index (χ3n) is 3.83. The van der Waals surface area contributed by atoms with Crippen LogP contribution in [0.5, 0.6) is 11.5 Å². The Labute approximate surface area is 152 Å². The highest BCUT2D eigenvalue weighted by Gasteiger charge is 2.06. The van der Waals surface area contributed by atoms with E-state index in [2.05, 4.69) is 29.1 Å². The summed E-state index contributed by atoms with van der Waals surface area (Å²) in [6.07, 6.45) is 3.47. The van der Waals surface area contributed by atoms with E-state index in [9.17, 15) is 0 Å². The van der Waals surface area contributed by atoms with Crippen LogP contribution in [0.2, 0.25) is 0 Å². The van der Waals surface area contributed by atoms with Gasteiger partial charge < -0.3 is 15.2 Å². The van der Waals surface area contributed by atoms with Gasteiger partial charge in [0.15, 0.2) is 11.5 Å². The van der Waals surface area contributed by atoms with Gasteiger partial charge in [0, 0.05) is 0 Å². The van der Waals surface area contributed by atoms with Crippen LogP contribution in [0.1, 0.15) is 22.4 Å². The van der Waals surface area contributed by atoms with Crippen LogP contribution in [-0.4, -0.2) is 23.0 Å². The van der Waals surface area contributed by atoms with Gasteiger partial charge in [0.1, 0.15) is 6.61 Å². The molecule has 0 amide bonds. The number of benzene rings is 2. The van der Waals surface area contributed by atoms with Crippen LogP contribution in [0.25, 0.3) is 0 Å². The third kappa shape index (κ3) is 4.22. The van der Waals surface area contributed by atoms with E-state index >= 15 is 0 Å². The van der Waals surface area contributed by atoms with Gasteiger partial charge in [0.05, 0.1) is 25.2 Å². The topological polar surface area (TPSA) is 74.7 Å². The molecule has 0 aliphatic carbocycles. The highest BCUT2D eigenvalue weighted by Crippen LogP contribution is 2.28. The molecule has 0 saturated heterocycles. The number of anilines is 1. The molecular formula is C20H22N4O2. The van der Waals surface area contributed by atoms with Crippen molar-refractivity contribution in [3.8, 4) is 11.5 Å². The number of aromatic nitrogens is 2. The highest BCUT2D eigenvalue weighted by atomic mass is 16.5. The maximum Gasteiger partial charge on any atom is 0.221 e. The Balaban J connectivity index is 1.74. The predicted octanol–water partition coefficient (Wildman–Crippen LogP) is 3.55. The summed E-state index contributed by atoms with van der Waals surface area (Å²) < 4.78 is 12.9. The summed E-state index contributed by atoms with van der Waals surface area (Å²) in [5.41, 5.74) is 9.79. The smallest absolute Gasteiger partial charge is 0.221 e. The SMILES string of the molecule is COc1cc(C=Nn2cc(C)nc2N)ccc1OCc1cccc(C)c1. The van der Waals surface area contributed by atoms with Crippen LogP contribution in [0.4, 0.5) is 5.95 Å². The number of nitrogens with zero attached hydrogens (tertiary/aromatic N) is 3. The van der Waals surface area contributed by atoms with E-state index in [0.29, 0.717) is 24.1 Å². The van der Waals surface area contributed by atoms with E-state index in [0.717, 1.165) is 16.8 Å². The Hall–Kier alpha value is -3.28. The second kappa shape index (κ2) is 7.74. The third-order valence-corrected chi connectivity index (χ3v) is 3.83. The van der Waals surface area contributed by atoms with Crippen molar-refractivity contribution in [3.63, 3.8) is 0 Å². The summed E-state index contributed by atoms with van der Waals surface area (Å²) in [5, 5.41) is 4.31. The summed E-state index contributed by atoms with van der Waals surface area (Å²) in [6, 6.07) is 13.9. The lowest BCUT2D eigenvalue weighted by Gasteiger charge is -2.11. The van der Waals surface area contributed by atoms with E-state index in [1.54, 1.807) is 19.5 Å². The summed E-state index contributed by atoms with van der Waals surface area (Å²) in [6.45, 7) is 4.41. The lowest BCUT2D eigenvalue weighted by molar-refractivity contribution is 0.284. The average molecular weight is 350 g/mol. The first-order valence-electron chi connectivity index (χ1n) is 8.27. The molecule has 1 heterocycles. The van der Waals surface area contributed by atoms with Crippen molar-refractivity contribution in [1.82, 2.24) is 9.66 Å². The predicted molar refractivity (Wildman–Crippen MR) is 103 cm³/mol. The van der Waals surface area contributed by atoms with Crippen LogP contribution in [-0.2, 0) is 6.61 Å². The second-order valence-corrected chi connectivity index (χ2v) is 6.02. The minimum atomic E-state index is 0.351. The first-order valence-corrected chi connectivity index (χ1v) is 8.27. The molecule has 6 nitrogen and oxygen atoms in total. The van der Waals surface area contributed by atoms with Crippen LogP contribution < -0.4 is 15.2 Å². The van der Waals surface area contributed by atoms with Crippen molar-refractivity contribution in [2.75, 3.05) is 12.8 Å². The Bertz CT molecular complexity index is 931. The van der Waals surface area contributed by atoms with Crippen molar-refractivity contribution in [2.24, 2.45) is 5.10 Å². The van der Waals surface area contributed by atoms with Gasteiger partial charge in [-0.3, -0.25) is 0 Å². The monoisotopic (exact) mass is 350 g/mol. The number of nitrogen functional groups attached to an aromatic ring is 1. The zero-order valence-corrected chi connectivity index (χ0v) is 15.1. The van der Waals surface area contributed by atoms with Gasteiger partial charge in [-0.1, -0.05) is 29.8 Å². The number of nitrogens with two attached hydrogens (primary N) is 1. The number of hydrogen-bond donors (Lipinski definition) is 1. The molecule has 0 aliphatic heterocycles. The number of imidazole rings is 1. The van der Waals surface area contributed by atoms with Crippen LogP contribution >= 0.6 is 0 Å². The fraction of sp³-hybridized carbons (Fsp3) is 0.200. The van der Waals surface area contributed by atoms with E-state index < -0.39 is 0 Å². The molecule has 0 radical (unpaired) electrons. The number of rotatable bonds is 6. The van der Waals surface area contributed by atoms with Crippen molar-refractivity contribution < 1.29 is 9.47 Å². The molecule has 2 N–H and O–H groups in total. The lowest BCUT2D eigenvalue weighted by Crippen LogP contribution is -1.99. The largest absolute Gasteiger partial charge is 0.493 e. The molecule has 3 rings (SSSR count). The van der Waals surface area contributed by atoms with Gasteiger partial charge >= 0.3 is 0 Å². The summed E-state index contributed by atoms with van der Waals surface area (Å²) in [5.74, 6) is 1.68. The molecule has 2 aromatic carbocycles. The van der Waals surface area contributed by atoms with Crippen LogP contribution in [0.15, 0.2) is 53.8 Å². The molecule has 134 valence electrons. The zero-order valence-electron chi connectivity index (χ0n) is 15.1. The standard InChI is InChI=1S/C20H22N4O2/c1-14-5-4-6-17(9-14)13-26-18-8-7-16(10-19(18)25-3)11-22-24-12-15(2)23-20(24)21/h4-12H,13H2,1-3H3,(H2,21,23). The van der Waals surface area contributed by atoms with Gasteiger partial charge in [-0.05, 0) is 43.2 Å². The van der Waals surface area contributed by atoms with Gasteiger partial charge in [0.25, 0.3) is 0 Å². The molecule has 0 unspecified atom stereocenters. The lowest BCUT2D eigenvalue weighted by atomic mass is 10.1. The minimum Gasteiger partial charge on any atom is -0.493 e. The molecule has 0 fully saturated rings. The summed E-state index contributed by atoms with van der Waals surface area (Å²) >= 11 is 0. The average Bonchev–Trinajstić information content (AvgIpc) is 2.95. The Morgan fingerprint density at radius 2 is 2.00 bits per heavy atom. The quantitative estimate of drug-likeness (QED) is 0.690. The van der Waals surface area contributed by atoms with Crippen molar-refractivity contribution in [3.05, 3.63) is 71.0 Å². The summed E-state index contributed by atoms with van der Waals surface area (Å²) in [7, 11) is 1.62. The Morgan fingerprint density at radius 3 is 2.69 bits per heavy atom. The van der Waals surface area contributed by atoms with Crippen LogP contribution in [0.3, 0.4) is 0 Å². The van der Waals surface area contributed by atoms with Crippen molar-refractivity contribution in [2.45, 2.75) is 20.5 Å². The van der Waals surface area contributed by atoms with Crippen molar-refractivity contribution >= 4 is 12.2 Å².